The molecule has 0 saturated heterocycles. The molecule has 1 unspecified atom stereocenters. The fraction of sp³-hybridized carbons (Fsp3) is 0.471. The number of nitrogens with zero attached hydrogens (tertiary/aromatic N) is 2. The molecule has 4 heteroatoms. The average molecular weight is 299 g/mol. The topological polar surface area (TPSA) is 42.2 Å². The van der Waals surface area contributed by atoms with Crippen molar-refractivity contribution < 1.29 is 0 Å². The summed E-state index contributed by atoms with van der Waals surface area (Å²) < 4.78 is 0. The summed E-state index contributed by atoms with van der Waals surface area (Å²) in [7, 11) is 0. The normalized spacial score (nSPS) is 21.4. The molecule has 1 aliphatic carbocycles. The Labute approximate surface area is 129 Å². The third kappa shape index (κ3) is 2.36. The third-order valence-corrected chi connectivity index (χ3v) is 5.56. The lowest BCUT2D eigenvalue weighted by Crippen LogP contribution is -2.30. The van der Waals surface area contributed by atoms with Gasteiger partial charge in [0.2, 0.25) is 0 Å². The van der Waals surface area contributed by atoms with Gasteiger partial charge in [0, 0.05) is 29.6 Å². The summed E-state index contributed by atoms with van der Waals surface area (Å²) in [6.07, 6.45) is 3.73. The van der Waals surface area contributed by atoms with E-state index in [1.165, 1.54) is 34.7 Å². The van der Waals surface area contributed by atoms with E-state index in [4.69, 9.17) is 10.7 Å². The molecule has 4 rings (SSSR count). The molecule has 21 heavy (non-hydrogen) atoms. The number of benzene rings is 1. The Bertz CT molecular complexity index is 660. The Balaban J connectivity index is 1.76. The van der Waals surface area contributed by atoms with Crippen LogP contribution in [-0.4, -0.2) is 11.5 Å². The average Bonchev–Trinajstić information content (AvgIpc) is 3.25. The molecule has 2 heterocycles. The second-order valence-electron chi connectivity index (χ2n) is 6.33. The van der Waals surface area contributed by atoms with Gasteiger partial charge >= 0.3 is 0 Å². The van der Waals surface area contributed by atoms with E-state index in [-0.39, 0.29) is 0 Å². The van der Waals surface area contributed by atoms with E-state index in [0.29, 0.717) is 18.4 Å². The van der Waals surface area contributed by atoms with Crippen LogP contribution in [0.5, 0.6) is 0 Å². The van der Waals surface area contributed by atoms with Crippen LogP contribution in [0.3, 0.4) is 0 Å². The van der Waals surface area contributed by atoms with Crippen LogP contribution in [-0.2, 0) is 13.0 Å². The van der Waals surface area contributed by atoms with Crippen molar-refractivity contribution in [1.29, 1.82) is 0 Å². The van der Waals surface area contributed by atoms with E-state index >= 15 is 0 Å². The van der Waals surface area contributed by atoms with Gasteiger partial charge in [-0.1, -0.05) is 36.5 Å². The summed E-state index contributed by atoms with van der Waals surface area (Å²) in [6, 6.07) is 8.73. The maximum atomic E-state index is 5.93. The fourth-order valence-electron chi connectivity index (χ4n) is 3.27. The second-order valence-corrected chi connectivity index (χ2v) is 7.39. The number of hydrogen-bond donors (Lipinski definition) is 1. The maximum absolute atomic E-state index is 5.93. The van der Waals surface area contributed by atoms with Gasteiger partial charge in [0.15, 0.2) is 5.13 Å². The molecule has 0 spiro atoms. The van der Waals surface area contributed by atoms with Crippen molar-refractivity contribution in [3.8, 4) is 0 Å². The molecule has 0 bridgehead atoms. The number of hydrogen-bond acceptors (Lipinski definition) is 4. The van der Waals surface area contributed by atoms with E-state index in [9.17, 15) is 0 Å². The SMILES string of the molecule is CC1Cc2ccccc2N(c2nc(C3CC3)c(CN)s2)C1. The molecule has 1 fully saturated rings. The predicted octanol–water partition coefficient (Wildman–Crippen LogP) is 3.81. The zero-order chi connectivity index (χ0) is 14.4. The minimum absolute atomic E-state index is 0.620. The van der Waals surface area contributed by atoms with Gasteiger partial charge in [-0.3, -0.25) is 0 Å². The summed E-state index contributed by atoms with van der Waals surface area (Å²) >= 11 is 1.79. The minimum atomic E-state index is 0.620. The molecule has 1 aromatic carbocycles. The lowest BCUT2D eigenvalue weighted by molar-refractivity contribution is 0.561. The van der Waals surface area contributed by atoms with Crippen molar-refractivity contribution in [2.45, 2.75) is 38.6 Å². The lowest BCUT2D eigenvalue weighted by atomic mass is 9.94. The number of aromatic nitrogens is 1. The molecule has 2 N–H and O–H groups in total. The zero-order valence-electron chi connectivity index (χ0n) is 12.4. The summed E-state index contributed by atoms with van der Waals surface area (Å²) in [4.78, 5) is 8.65. The van der Waals surface area contributed by atoms with Gasteiger partial charge in [-0.15, -0.1) is 0 Å². The molecule has 1 aliphatic heterocycles. The Kier molecular flexibility index (Phi) is 3.23. The van der Waals surface area contributed by atoms with Crippen LogP contribution < -0.4 is 10.6 Å². The standard InChI is InChI=1S/C17H21N3S/c1-11-8-13-4-2-3-5-14(13)20(10-11)17-19-16(12-6-7-12)15(9-18)21-17/h2-5,11-12H,6-10,18H2,1H3. The van der Waals surface area contributed by atoms with E-state index < -0.39 is 0 Å². The second kappa shape index (κ2) is 5.11. The highest BCUT2D eigenvalue weighted by molar-refractivity contribution is 7.15. The summed E-state index contributed by atoms with van der Waals surface area (Å²) in [5.41, 5.74) is 9.97. The van der Waals surface area contributed by atoms with Gasteiger partial charge < -0.3 is 10.6 Å². The van der Waals surface area contributed by atoms with Crippen molar-refractivity contribution in [2.24, 2.45) is 11.7 Å². The van der Waals surface area contributed by atoms with Crippen molar-refractivity contribution >= 4 is 22.2 Å². The summed E-state index contributed by atoms with van der Waals surface area (Å²) in [5, 5.41) is 1.14. The Morgan fingerprint density at radius 3 is 2.90 bits per heavy atom. The predicted molar refractivity (Wildman–Crippen MR) is 88.3 cm³/mol. The number of fused-ring (bicyclic) bond motifs is 1. The highest BCUT2D eigenvalue weighted by Crippen LogP contribution is 2.46. The number of rotatable bonds is 3. The lowest BCUT2D eigenvalue weighted by Gasteiger charge is -2.32. The smallest absolute Gasteiger partial charge is 0.190 e. The molecular weight excluding hydrogens is 278 g/mol. The fourth-order valence-corrected chi connectivity index (χ4v) is 4.31. The summed E-state index contributed by atoms with van der Waals surface area (Å²) in [6.45, 7) is 4.00. The van der Waals surface area contributed by atoms with Crippen molar-refractivity contribution in [2.75, 3.05) is 11.4 Å². The van der Waals surface area contributed by atoms with Gasteiger partial charge in [0.25, 0.3) is 0 Å². The van der Waals surface area contributed by atoms with Gasteiger partial charge in [-0.2, -0.15) is 0 Å². The van der Waals surface area contributed by atoms with Crippen LogP contribution in [0.25, 0.3) is 0 Å². The van der Waals surface area contributed by atoms with Crippen molar-refractivity contribution in [3.63, 3.8) is 0 Å². The monoisotopic (exact) mass is 299 g/mol. The maximum Gasteiger partial charge on any atom is 0.190 e. The number of thiazole rings is 1. The van der Waals surface area contributed by atoms with Gasteiger partial charge in [-0.05, 0) is 36.8 Å². The van der Waals surface area contributed by atoms with Crippen molar-refractivity contribution in [1.82, 2.24) is 4.98 Å². The first-order valence-electron chi connectivity index (χ1n) is 7.81. The van der Waals surface area contributed by atoms with E-state index in [1.807, 2.05) is 0 Å². The molecule has 2 aromatic rings. The Hall–Kier alpha value is -1.39. The quantitative estimate of drug-likeness (QED) is 0.937. The van der Waals surface area contributed by atoms with Crippen LogP contribution in [0.1, 0.15) is 41.8 Å². The molecule has 3 nitrogen and oxygen atoms in total. The highest BCUT2D eigenvalue weighted by Gasteiger charge is 2.31. The zero-order valence-corrected chi connectivity index (χ0v) is 13.2. The van der Waals surface area contributed by atoms with Gasteiger partial charge in [0.1, 0.15) is 0 Å². The van der Waals surface area contributed by atoms with Crippen LogP contribution in [0.15, 0.2) is 24.3 Å². The molecule has 110 valence electrons. The Morgan fingerprint density at radius 2 is 2.14 bits per heavy atom. The number of nitrogens with two attached hydrogens (primary N) is 1. The van der Waals surface area contributed by atoms with Crippen molar-refractivity contribution in [3.05, 3.63) is 40.4 Å². The van der Waals surface area contributed by atoms with Crippen LogP contribution in [0, 0.1) is 5.92 Å². The molecular formula is C17H21N3S. The third-order valence-electron chi connectivity index (χ3n) is 4.44. The van der Waals surface area contributed by atoms with Gasteiger partial charge in [-0.25, -0.2) is 4.98 Å². The highest BCUT2D eigenvalue weighted by atomic mass is 32.1. The first-order chi connectivity index (χ1) is 10.3. The molecule has 1 aromatic heterocycles. The molecule has 1 saturated carbocycles. The number of para-hydroxylation sites is 1. The van der Waals surface area contributed by atoms with E-state index in [1.54, 1.807) is 11.3 Å². The molecule has 2 aliphatic rings. The largest absolute Gasteiger partial charge is 0.326 e. The Morgan fingerprint density at radius 1 is 1.33 bits per heavy atom. The first-order valence-corrected chi connectivity index (χ1v) is 8.63. The number of anilines is 2. The van der Waals surface area contributed by atoms with E-state index in [2.05, 4.69) is 36.1 Å². The summed E-state index contributed by atoms with van der Waals surface area (Å²) in [5.74, 6) is 1.33. The minimum Gasteiger partial charge on any atom is -0.326 e. The molecule has 1 atom stereocenters. The van der Waals surface area contributed by atoms with Gasteiger partial charge in [0.05, 0.1) is 5.69 Å². The van der Waals surface area contributed by atoms with Crippen LogP contribution in [0.2, 0.25) is 0 Å². The van der Waals surface area contributed by atoms with Crippen LogP contribution in [0.4, 0.5) is 10.8 Å². The van der Waals surface area contributed by atoms with Crippen LogP contribution >= 0.6 is 11.3 Å². The molecule has 0 radical (unpaired) electrons. The van der Waals surface area contributed by atoms with E-state index in [0.717, 1.165) is 18.1 Å². The first kappa shape index (κ1) is 13.3. The molecule has 0 amide bonds.